The molecule has 0 spiro atoms. The monoisotopic (exact) mass is 255 g/mol. The van der Waals surface area contributed by atoms with E-state index in [0.29, 0.717) is 6.04 Å². The van der Waals surface area contributed by atoms with Crippen LogP contribution in [-0.2, 0) is 4.74 Å². The van der Waals surface area contributed by atoms with Crippen LogP contribution in [0.3, 0.4) is 0 Å². The fourth-order valence-corrected chi connectivity index (χ4v) is 2.32. The summed E-state index contributed by atoms with van der Waals surface area (Å²) in [7, 11) is 1.85. The maximum Gasteiger partial charge on any atom is 0.191 e. The first-order valence-electron chi connectivity index (χ1n) is 7.41. The molecular weight excluding hydrogens is 226 g/mol. The van der Waals surface area contributed by atoms with Gasteiger partial charge in [0.05, 0.1) is 0 Å². The summed E-state index contributed by atoms with van der Waals surface area (Å²) in [6.45, 7) is 4.69. The minimum Gasteiger partial charge on any atom is -0.382 e. The first-order chi connectivity index (χ1) is 8.86. The fourth-order valence-electron chi connectivity index (χ4n) is 2.32. The number of hydrogen-bond donors (Lipinski definition) is 2. The molecular formula is C14H29N3O. The number of unbranched alkanes of at least 4 members (excludes halogenated alkanes) is 1. The summed E-state index contributed by atoms with van der Waals surface area (Å²) in [6.07, 6.45) is 8.90. The van der Waals surface area contributed by atoms with Crippen molar-refractivity contribution in [2.24, 2.45) is 4.99 Å². The van der Waals surface area contributed by atoms with Gasteiger partial charge >= 0.3 is 0 Å². The van der Waals surface area contributed by atoms with Crippen molar-refractivity contribution < 1.29 is 4.74 Å². The smallest absolute Gasteiger partial charge is 0.191 e. The van der Waals surface area contributed by atoms with E-state index in [2.05, 4.69) is 15.6 Å². The van der Waals surface area contributed by atoms with Gasteiger partial charge in [-0.25, -0.2) is 0 Å². The lowest BCUT2D eigenvalue weighted by Gasteiger charge is -2.24. The number of nitrogens with zero attached hydrogens (tertiary/aromatic N) is 1. The van der Waals surface area contributed by atoms with Crippen molar-refractivity contribution in [3.8, 4) is 0 Å². The molecule has 1 aliphatic carbocycles. The summed E-state index contributed by atoms with van der Waals surface area (Å²) in [5.74, 6) is 0.957. The summed E-state index contributed by atoms with van der Waals surface area (Å²) in [5.41, 5.74) is 0. The van der Waals surface area contributed by atoms with Crippen LogP contribution in [0.25, 0.3) is 0 Å². The summed E-state index contributed by atoms with van der Waals surface area (Å²) >= 11 is 0. The zero-order chi connectivity index (χ0) is 13.1. The molecule has 4 heteroatoms. The number of nitrogens with one attached hydrogen (secondary N) is 2. The Morgan fingerprint density at radius 3 is 2.67 bits per heavy atom. The van der Waals surface area contributed by atoms with E-state index < -0.39 is 0 Å². The van der Waals surface area contributed by atoms with Crippen LogP contribution in [0.1, 0.15) is 51.9 Å². The SMILES string of the molecule is CCOCCCCNC(=NC)NC1CCCCC1. The van der Waals surface area contributed by atoms with Crippen LogP contribution in [0.5, 0.6) is 0 Å². The second-order valence-electron chi connectivity index (χ2n) is 4.88. The third-order valence-corrected chi connectivity index (χ3v) is 3.38. The number of guanidine groups is 1. The Hall–Kier alpha value is -0.770. The topological polar surface area (TPSA) is 45.6 Å². The normalized spacial score (nSPS) is 17.8. The largest absolute Gasteiger partial charge is 0.382 e. The van der Waals surface area contributed by atoms with Crippen molar-refractivity contribution in [2.75, 3.05) is 26.8 Å². The highest BCUT2D eigenvalue weighted by molar-refractivity contribution is 5.79. The third kappa shape index (κ3) is 6.84. The minimum absolute atomic E-state index is 0.619. The van der Waals surface area contributed by atoms with Gasteiger partial charge in [-0.2, -0.15) is 0 Å². The molecule has 0 bridgehead atoms. The molecule has 1 aliphatic rings. The molecule has 0 heterocycles. The lowest BCUT2D eigenvalue weighted by atomic mass is 9.96. The number of aliphatic imine (C=N–C) groups is 1. The molecule has 0 aromatic heterocycles. The van der Waals surface area contributed by atoms with Crippen molar-refractivity contribution in [2.45, 2.75) is 57.9 Å². The van der Waals surface area contributed by atoms with Gasteiger partial charge in [-0.3, -0.25) is 4.99 Å². The molecule has 4 nitrogen and oxygen atoms in total. The molecule has 1 saturated carbocycles. The van der Waals surface area contributed by atoms with Crippen LogP contribution in [0, 0.1) is 0 Å². The zero-order valence-corrected chi connectivity index (χ0v) is 12.0. The molecule has 2 N–H and O–H groups in total. The molecule has 106 valence electrons. The van der Waals surface area contributed by atoms with E-state index in [1.807, 2.05) is 14.0 Å². The lowest BCUT2D eigenvalue weighted by Crippen LogP contribution is -2.44. The van der Waals surface area contributed by atoms with Crippen molar-refractivity contribution in [1.29, 1.82) is 0 Å². The molecule has 0 aromatic rings. The van der Waals surface area contributed by atoms with Gasteiger partial charge in [-0.15, -0.1) is 0 Å². The summed E-state index contributed by atoms with van der Waals surface area (Å²) in [5, 5.41) is 6.89. The Morgan fingerprint density at radius 2 is 2.00 bits per heavy atom. The standard InChI is InChI=1S/C14H29N3O/c1-3-18-12-8-7-11-16-14(15-2)17-13-9-5-4-6-10-13/h13H,3-12H2,1-2H3,(H2,15,16,17). The van der Waals surface area contributed by atoms with E-state index in [1.165, 1.54) is 32.1 Å². The van der Waals surface area contributed by atoms with Crippen molar-refractivity contribution in [3.05, 3.63) is 0 Å². The fraction of sp³-hybridized carbons (Fsp3) is 0.929. The highest BCUT2D eigenvalue weighted by atomic mass is 16.5. The third-order valence-electron chi connectivity index (χ3n) is 3.38. The van der Waals surface area contributed by atoms with Crippen molar-refractivity contribution >= 4 is 5.96 Å². The highest BCUT2D eigenvalue weighted by Crippen LogP contribution is 2.17. The molecule has 1 rings (SSSR count). The predicted octanol–water partition coefficient (Wildman–Crippen LogP) is 2.30. The van der Waals surface area contributed by atoms with E-state index in [0.717, 1.165) is 38.6 Å². The molecule has 0 radical (unpaired) electrons. The first kappa shape index (κ1) is 15.3. The second-order valence-corrected chi connectivity index (χ2v) is 4.88. The van der Waals surface area contributed by atoms with Gasteiger partial charge < -0.3 is 15.4 Å². The van der Waals surface area contributed by atoms with Crippen LogP contribution in [0.4, 0.5) is 0 Å². The Bertz CT molecular complexity index is 225. The van der Waals surface area contributed by atoms with Gasteiger partial charge in [0.15, 0.2) is 5.96 Å². The Morgan fingerprint density at radius 1 is 1.22 bits per heavy atom. The van der Waals surface area contributed by atoms with Gasteiger partial charge in [-0.1, -0.05) is 19.3 Å². The van der Waals surface area contributed by atoms with Crippen molar-refractivity contribution in [1.82, 2.24) is 10.6 Å². The lowest BCUT2D eigenvalue weighted by molar-refractivity contribution is 0.143. The van der Waals surface area contributed by atoms with Crippen LogP contribution >= 0.6 is 0 Å². The molecule has 0 aliphatic heterocycles. The number of rotatable bonds is 7. The number of hydrogen-bond acceptors (Lipinski definition) is 2. The summed E-state index contributed by atoms with van der Waals surface area (Å²) in [4.78, 5) is 4.28. The maximum atomic E-state index is 5.31. The van der Waals surface area contributed by atoms with Gasteiger partial charge in [-0.05, 0) is 32.6 Å². The van der Waals surface area contributed by atoms with E-state index in [4.69, 9.17) is 4.74 Å². The molecule has 0 unspecified atom stereocenters. The van der Waals surface area contributed by atoms with E-state index in [9.17, 15) is 0 Å². The zero-order valence-electron chi connectivity index (χ0n) is 12.0. The molecule has 18 heavy (non-hydrogen) atoms. The van der Waals surface area contributed by atoms with Crippen LogP contribution < -0.4 is 10.6 Å². The Kier molecular flexibility index (Phi) is 8.65. The van der Waals surface area contributed by atoms with Crippen LogP contribution in [0.2, 0.25) is 0 Å². The second kappa shape index (κ2) is 10.2. The minimum atomic E-state index is 0.619. The van der Waals surface area contributed by atoms with Gasteiger partial charge in [0.2, 0.25) is 0 Å². The highest BCUT2D eigenvalue weighted by Gasteiger charge is 2.13. The molecule has 1 fully saturated rings. The van der Waals surface area contributed by atoms with E-state index in [-0.39, 0.29) is 0 Å². The van der Waals surface area contributed by atoms with Crippen LogP contribution in [-0.4, -0.2) is 38.8 Å². The average Bonchev–Trinajstić information content (AvgIpc) is 2.42. The number of ether oxygens (including phenoxy) is 1. The van der Waals surface area contributed by atoms with E-state index in [1.54, 1.807) is 0 Å². The Labute approximate surface area is 112 Å². The summed E-state index contributed by atoms with van der Waals surface area (Å²) < 4.78 is 5.31. The summed E-state index contributed by atoms with van der Waals surface area (Å²) in [6, 6.07) is 0.619. The average molecular weight is 255 g/mol. The first-order valence-corrected chi connectivity index (χ1v) is 7.41. The van der Waals surface area contributed by atoms with Gasteiger partial charge in [0, 0.05) is 32.8 Å². The van der Waals surface area contributed by atoms with Crippen molar-refractivity contribution in [3.63, 3.8) is 0 Å². The molecule has 0 amide bonds. The quantitative estimate of drug-likeness (QED) is 0.417. The van der Waals surface area contributed by atoms with Crippen LogP contribution in [0.15, 0.2) is 4.99 Å². The van der Waals surface area contributed by atoms with E-state index >= 15 is 0 Å². The maximum absolute atomic E-state index is 5.31. The van der Waals surface area contributed by atoms with Gasteiger partial charge in [0.25, 0.3) is 0 Å². The predicted molar refractivity (Wildman–Crippen MR) is 77.1 cm³/mol. The molecule has 0 saturated heterocycles. The van der Waals surface area contributed by atoms with Gasteiger partial charge in [0.1, 0.15) is 0 Å². The molecule has 0 aromatic carbocycles. The Balaban J connectivity index is 2.06. The molecule has 0 atom stereocenters.